The molecule has 0 aliphatic rings. The maximum atomic E-state index is 8.69. The Labute approximate surface area is 630 Å². The van der Waals surface area contributed by atoms with Gasteiger partial charge in [-0.2, -0.15) is 0 Å². The average molecular weight is 1380 g/mol. The highest BCUT2D eigenvalue weighted by Crippen LogP contribution is 2.42. The first-order valence-electron chi connectivity index (χ1n) is 38.5. The highest BCUT2D eigenvalue weighted by atomic mass is 15.0. The maximum Gasteiger partial charge on any atom is 0.164 e. The van der Waals surface area contributed by atoms with Crippen LogP contribution in [0.1, 0.15) is 6.85 Å². The molecule has 0 bridgehead atoms. The van der Waals surface area contributed by atoms with Gasteiger partial charge in [0.15, 0.2) is 34.9 Å². The molecule has 0 radical (unpaired) electrons. The van der Waals surface area contributed by atoms with Gasteiger partial charge >= 0.3 is 0 Å². The third-order valence-corrected chi connectivity index (χ3v) is 20.5. The normalized spacial score (nSPS) is 12.2. The van der Waals surface area contributed by atoms with E-state index in [0.717, 1.165) is 87.8 Å². The van der Waals surface area contributed by atoms with E-state index in [1.165, 1.54) is 60.3 Å². The van der Waals surface area contributed by atoms with Crippen LogP contribution >= 0.6 is 0 Å². The Morgan fingerprint density at radius 3 is 1.03 bits per heavy atom. The first-order chi connectivity index (χ1) is 55.5. The molecule has 0 aliphatic carbocycles. The van der Waals surface area contributed by atoms with Crippen molar-refractivity contribution in [1.82, 2.24) is 39.0 Å². The molecule has 0 unspecified atom stereocenters. The Morgan fingerprint density at radius 2 is 0.519 bits per heavy atom. The zero-order chi connectivity index (χ0) is 75.8. The largest absolute Gasteiger partial charge is 0.309 e. The zero-order valence-electron chi connectivity index (χ0n) is 63.1. The topological polar surface area (TPSA) is 87.2 Å². The molecule has 0 saturated heterocycles. The number of rotatable bonds is 11. The first kappa shape index (κ1) is 57.9. The first-order valence-corrected chi connectivity index (χ1v) is 36.0. The van der Waals surface area contributed by atoms with Crippen LogP contribution in [0.2, 0.25) is 0 Å². The highest BCUT2D eigenvalue weighted by Gasteiger charge is 2.22. The van der Waals surface area contributed by atoms with Crippen molar-refractivity contribution < 1.29 is 6.85 Å². The molecule has 0 fully saturated rings. The van der Waals surface area contributed by atoms with Gasteiger partial charge in [-0.3, -0.25) is 0 Å². The molecule has 504 valence electrons. The van der Waals surface area contributed by atoms with Crippen molar-refractivity contribution in [1.29, 1.82) is 0 Å². The fourth-order valence-corrected chi connectivity index (χ4v) is 15.2. The van der Waals surface area contributed by atoms with E-state index in [1.807, 2.05) is 84.9 Å². The van der Waals surface area contributed by atoms with E-state index in [4.69, 9.17) is 36.8 Å². The van der Waals surface area contributed by atoms with E-state index >= 15 is 0 Å². The monoisotopic (exact) mass is 1380 g/mol. The smallest absolute Gasteiger partial charge is 0.164 e. The van der Waals surface area contributed by atoms with Crippen molar-refractivity contribution in [3.8, 4) is 113 Å². The summed E-state index contributed by atoms with van der Waals surface area (Å²) in [7, 11) is 0. The minimum absolute atomic E-state index is 0.00684. The van der Waals surface area contributed by atoms with E-state index in [9.17, 15) is 0 Å². The summed E-state index contributed by atoms with van der Waals surface area (Å²) >= 11 is 0. The summed E-state index contributed by atoms with van der Waals surface area (Å²) in [5.74, 6) is 2.56. The Balaban J connectivity index is 0.000000147. The highest BCUT2D eigenvalue weighted by molar-refractivity contribution is 6.14. The molecule has 0 saturated carbocycles. The number of benzene rings is 17. The molecule has 17 aromatic carbocycles. The van der Waals surface area contributed by atoms with Crippen LogP contribution in [0.5, 0.6) is 0 Å². The minimum atomic E-state index is -0.473. The van der Waals surface area contributed by atoms with E-state index in [1.54, 1.807) is 0 Å². The summed E-state index contributed by atoms with van der Waals surface area (Å²) in [5, 5.41) is 13.4. The van der Waals surface area contributed by atoms with Gasteiger partial charge in [-0.25, -0.2) is 29.9 Å². The van der Waals surface area contributed by atoms with E-state index in [0.29, 0.717) is 40.2 Å². The van der Waals surface area contributed by atoms with Crippen LogP contribution in [0.4, 0.5) is 0 Å². The van der Waals surface area contributed by atoms with E-state index in [-0.39, 0.29) is 23.5 Å². The van der Waals surface area contributed by atoms with Gasteiger partial charge in [0.05, 0.1) is 34.6 Å². The van der Waals surface area contributed by atoms with Gasteiger partial charge in [0.2, 0.25) is 0 Å². The summed E-state index contributed by atoms with van der Waals surface area (Å²) in [4.78, 5) is 29.9. The van der Waals surface area contributed by atoms with Crippen LogP contribution in [0.15, 0.2) is 388 Å². The van der Waals surface area contributed by atoms with Crippen molar-refractivity contribution in [2.24, 2.45) is 0 Å². The van der Waals surface area contributed by atoms with Crippen molar-refractivity contribution in [2.75, 3.05) is 0 Å². The van der Waals surface area contributed by atoms with Crippen LogP contribution in [0, 0.1) is 0 Å². The molecule has 0 amide bonds. The minimum Gasteiger partial charge on any atom is -0.309 e. The Kier molecular flexibility index (Phi) is 14.4. The third kappa shape index (κ3) is 11.7. The fourth-order valence-electron chi connectivity index (χ4n) is 15.2. The fraction of sp³-hybridized carbons (Fsp3) is 0. The summed E-state index contributed by atoms with van der Waals surface area (Å²) in [6, 6.07) is 123. The van der Waals surface area contributed by atoms with Gasteiger partial charge in [0.25, 0.3) is 0 Å². The summed E-state index contributed by atoms with van der Waals surface area (Å²) in [6.45, 7) is 0. The SMILES string of the molecule is [2H]c1c([2H])c([2H])c(-c2nc(-c3ccc4ccccc4c3)nc(-c3ccc4cc(-n5c6ccccc6c6cc(-c7ccccc7)ccc65)ccc4c3)n2)c([2H])c1[2H].c1ccc(-c2ccc3c(c2)c2cc(-c4ccccc4)ccc2n3-c2cc(-c3nc(-c4ccccc4)nc(-c4ccc5ccccc5c4)n3)cc3ccccc23)cc1. The predicted molar refractivity (Wildman–Crippen MR) is 447 cm³/mol. The average Bonchev–Trinajstić information content (AvgIpc) is 1.56. The second kappa shape index (κ2) is 26.9. The standard InChI is InChI=1S/C53H34N4.C47H30N4/c1-4-14-35(15-5-1)40-26-28-48-46(32-40)47-33-41(36-16-6-2-7-17-36)27-29-49(47)57(48)50-34-44(31-42-22-12-13-23-45(42)50)53-55-51(38-19-8-3-9-20-38)54-52(56-53)43-25-24-37-18-10-11-21-39(37)30-43;1-3-11-31(12-4-1)37-24-26-44-42(30-37)41-17-9-10-18-43(41)51(44)40-25-23-35-28-39(22-20-36(35)29-40)47-49-45(33-14-5-2-6-15-33)48-46(50-47)38-21-19-32-13-7-8-16-34(32)27-38/h1-34H;1-30H/i;2D,5D,6D,14D,15D. The number of hydrogen-bond acceptors (Lipinski definition) is 6. The number of aromatic nitrogens is 8. The van der Waals surface area contributed by atoms with Gasteiger partial charge in [0, 0.05) is 66.0 Å². The second-order valence-electron chi connectivity index (χ2n) is 27.0. The molecule has 8 heteroatoms. The maximum absolute atomic E-state index is 8.69. The quantitative estimate of drug-likeness (QED) is 0.128. The molecule has 0 N–H and O–H groups in total. The Morgan fingerprint density at radius 1 is 0.185 bits per heavy atom. The molecular formula is C100H64N8. The lowest BCUT2D eigenvalue weighted by Crippen LogP contribution is -2.02. The summed E-state index contributed by atoms with van der Waals surface area (Å²) < 4.78 is 46.9. The second-order valence-corrected chi connectivity index (χ2v) is 27.0. The number of nitrogens with zero attached hydrogens (tertiary/aromatic N) is 8. The lowest BCUT2D eigenvalue weighted by Gasteiger charge is -2.15. The molecule has 4 heterocycles. The van der Waals surface area contributed by atoms with Gasteiger partial charge < -0.3 is 9.13 Å². The molecule has 21 rings (SSSR count). The zero-order valence-corrected chi connectivity index (χ0v) is 58.1. The van der Waals surface area contributed by atoms with Crippen molar-refractivity contribution in [2.45, 2.75) is 0 Å². The molecule has 0 aliphatic heterocycles. The van der Waals surface area contributed by atoms with Crippen molar-refractivity contribution in [3.05, 3.63) is 388 Å². The van der Waals surface area contributed by atoms with Crippen LogP contribution in [-0.4, -0.2) is 39.0 Å². The molecule has 21 aromatic rings. The van der Waals surface area contributed by atoms with Crippen LogP contribution < -0.4 is 0 Å². The van der Waals surface area contributed by atoms with Gasteiger partial charge in [-0.15, -0.1) is 0 Å². The van der Waals surface area contributed by atoms with Gasteiger partial charge in [-0.1, -0.05) is 303 Å². The van der Waals surface area contributed by atoms with Crippen LogP contribution in [0.3, 0.4) is 0 Å². The number of fused-ring (bicyclic) bond motifs is 10. The third-order valence-electron chi connectivity index (χ3n) is 20.5. The lowest BCUT2D eigenvalue weighted by atomic mass is 10.0. The van der Waals surface area contributed by atoms with Crippen molar-refractivity contribution >= 4 is 86.7 Å². The van der Waals surface area contributed by atoms with Gasteiger partial charge in [0.1, 0.15) is 0 Å². The number of para-hydroxylation sites is 1. The number of hydrogen-bond donors (Lipinski definition) is 0. The molecule has 0 atom stereocenters. The van der Waals surface area contributed by atoms with Crippen LogP contribution in [0.25, 0.3) is 200 Å². The van der Waals surface area contributed by atoms with Crippen LogP contribution in [-0.2, 0) is 0 Å². The van der Waals surface area contributed by atoms with E-state index < -0.39 is 18.1 Å². The summed E-state index contributed by atoms with van der Waals surface area (Å²) in [6.07, 6.45) is 0. The van der Waals surface area contributed by atoms with E-state index in [2.05, 4.69) is 282 Å². The Hall–Kier alpha value is -14.6. The van der Waals surface area contributed by atoms with Gasteiger partial charge in [-0.05, 0) is 156 Å². The molecule has 0 spiro atoms. The van der Waals surface area contributed by atoms with Crippen molar-refractivity contribution in [3.63, 3.8) is 0 Å². The lowest BCUT2D eigenvalue weighted by molar-refractivity contribution is 1.07. The molecule has 108 heavy (non-hydrogen) atoms. The molecule has 4 aromatic heterocycles. The molecule has 8 nitrogen and oxygen atoms in total. The predicted octanol–water partition coefficient (Wildman–Crippen LogP) is 25.6. The summed E-state index contributed by atoms with van der Waals surface area (Å²) in [5.41, 5.74) is 17.9. The molecular weight excluding hydrogens is 1310 g/mol. The Bertz CT molecular complexity index is 7250.